The highest BCUT2D eigenvalue weighted by Crippen LogP contribution is 2.24. The number of hydrogen-bond donors (Lipinski definition) is 2. The van der Waals surface area contributed by atoms with Gasteiger partial charge in [0.05, 0.1) is 0 Å². The van der Waals surface area contributed by atoms with Crippen LogP contribution in [0.5, 0.6) is 0 Å². The van der Waals surface area contributed by atoms with Crippen molar-refractivity contribution in [1.82, 2.24) is 10.2 Å². The summed E-state index contributed by atoms with van der Waals surface area (Å²) in [6, 6.07) is 10.4. The maximum absolute atomic E-state index is 11.7. The van der Waals surface area contributed by atoms with Gasteiger partial charge in [-0.15, -0.1) is 0 Å². The number of nitrogens with one attached hydrogen (secondary N) is 1. The van der Waals surface area contributed by atoms with E-state index in [1.165, 1.54) is 5.56 Å². The van der Waals surface area contributed by atoms with Crippen LogP contribution in [0.2, 0.25) is 0 Å². The van der Waals surface area contributed by atoms with E-state index in [-0.39, 0.29) is 0 Å². The third-order valence-electron chi connectivity index (χ3n) is 4.36. The van der Waals surface area contributed by atoms with Gasteiger partial charge in [-0.05, 0) is 31.4 Å². The fourth-order valence-corrected chi connectivity index (χ4v) is 2.91. The van der Waals surface area contributed by atoms with Gasteiger partial charge in [0.2, 0.25) is 0 Å². The molecule has 0 atom stereocenters. The molecule has 21 heavy (non-hydrogen) atoms. The fraction of sp³-hybridized carbons (Fsp3) is 0.588. The minimum atomic E-state index is -0.720. The highest BCUT2D eigenvalue weighted by molar-refractivity contribution is 5.79. The van der Waals surface area contributed by atoms with Crippen LogP contribution in [0, 0.1) is 0 Å². The van der Waals surface area contributed by atoms with Crippen molar-refractivity contribution in [3.8, 4) is 0 Å². The van der Waals surface area contributed by atoms with E-state index in [0.29, 0.717) is 12.8 Å². The van der Waals surface area contributed by atoms with Crippen molar-refractivity contribution >= 4 is 5.97 Å². The number of aliphatic carboxylic acids is 1. The average Bonchev–Trinajstić information content (AvgIpc) is 2.50. The number of unbranched alkanes of at least 4 members (excludes halogenated alkanes) is 1. The Bertz CT molecular complexity index is 439. The highest BCUT2D eigenvalue weighted by atomic mass is 16.4. The Morgan fingerprint density at radius 3 is 2.52 bits per heavy atom. The van der Waals surface area contributed by atoms with E-state index in [9.17, 15) is 9.90 Å². The van der Waals surface area contributed by atoms with Crippen molar-refractivity contribution in [2.24, 2.45) is 0 Å². The zero-order chi connectivity index (χ0) is 15.1. The molecule has 0 unspecified atom stereocenters. The van der Waals surface area contributed by atoms with Crippen LogP contribution in [0.15, 0.2) is 30.3 Å². The summed E-state index contributed by atoms with van der Waals surface area (Å²) in [6.45, 7) is 5.49. The molecule has 4 nitrogen and oxygen atoms in total. The summed E-state index contributed by atoms with van der Waals surface area (Å²) in [5.74, 6) is -0.696. The normalized spacial score (nSPS) is 18.5. The zero-order valence-corrected chi connectivity index (χ0v) is 12.8. The minimum absolute atomic E-state index is 0.679. The number of carbonyl (C=O) groups is 1. The molecule has 0 spiro atoms. The van der Waals surface area contributed by atoms with E-state index < -0.39 is 11.5 Å². The number of likely N-dealkylation sites (tertiary alicyclic amines) is 1. The van der Waals surface area contributed by atoms with Crippen molar-refractivity contribution in [2.75, 3.05) is 19.6 Å². The van der Waals surface area contributed by atoms with Gasteiger partial charge in [0.25, 0.3) is 0 Å². The van der Waals surface area contributed by atoms with Crippen LogP contribution in [-0.4, -0.2) is 41.1 Å². The van der Waals surface area contributed by atoms with Gasteiger partial charge >= 0.3 is 5.97 Å². The van der Waals surface area contributed by atoms with E-state index in [2.05, 4.69) is 29.3 Å². The second-order valence-electron chi connectivity index (χ2n) is 5.93. The first-order valence-electron chi connectivity index (χ1n) is 7.91. The van der Waals surface area contributed by atoms with Crippen LogP contribution in [0.1, 0.15) is 38.2 Å². The lowest BCUT2D eigenvalue weighted by atomic mass is 9.87. The second kappa shape index (κ2) is 7.57. The van der Waals surface area contributed by atoms with Crippen LogP contribution in [0.3, 0.4) is 0 Å². The molecule has 0 aromatic heterocycles. The summed E-state index contributed by atoms with van der Waals surface area (Å²) < 4.78 is 0. The third-order valence-corrected chi connectivity index (χ3v) is 4.36. The Balaban J connectivity index is 1.88. The minimum Gasteiger partial charge on any atom is -0.480 e. The van der Waals surface area contributed by atoms with Gasteiger partial charge in [0.1, 0.15) is 5.54 Å². The fourth-order valence-electron chi connectivity index (χ4n) is 2.91. The van der Waals surface area contributed by atoms with Gasteiger partial charge in [-0.1, -0.05) is 43.7 Å². The topological polar surface area (TPSA) is 52.6 Å². The van der Waals surface area contributed by atoms with Crippen molar-refractivity contribution in [3.05, 3.63) is 35.9 Å². The van der Waals surface area contributed by atoms with Gasteiger partial charge in [0.15, 0.2) is 0 Å². The number of rotatable bonds is 7. The lowest BCUT2D eigenvalue weighted by molar-refractivity contribution is -0.147. The van der Waals surface area contributed by atoms with E-state index in [1.54, 1.807) is 0 Å². The maximum atomic E-state index is 11.7. The molecular weight excluding hydrogens is 264 g/mol. The molecule has 0 aliphatic carbocycles. The molecule has 0 bridgehead atoms. The molecule has 1 heterocycles. The van der Waals surface area contributed by atoms with E-state index in [4.69, 9.17) is 0 Å². The van der Waals surface area contributed by atoms with Crippen molar-refractivity contribution in [1.29, 1.82) is 0 Å². The Kier molecular flexibility index (Phi) is 5.76. The van der Waals surface area contributed by atoms with E-state index in [0.717, 1.165) is 39.0 Å². The molecule has 0 radical (unpaired) electrons. The summed E-state index contributed by atoms with van der Waals surface area (Å²) in [5.41, 5.74) is 0.571. The molecule has 4 heteroatoms. The number of piperidine rings is 1. The van der Waals surface area contributed by atoms with Gasteiger partial charge < -0.3 is 10.4 Å². The summed E-state index contributed by atoms with van der Waals surface area (Å²) >= 11 is 0. The molecular formula is C17H26N2O2. The zero-order valence-electron chi connectivity index (χ0n) is 12.8. The molecule has 1 aromatic carbocycles. The molecule has 1 aromatic rings. The number of carboxylic acid groups (broad SMARTS) is 1. The molecule has 1 saturated heterocycles. The van der Waals surface area contributed by atoms with Crippen LogP contribution in [0.4, 0.5) is 0 Å². The first kappa shape index (κ1) is 16.0. The number of nitrogens with zero attached hydrogens (tertiary/aromatic N) is 1. The van der Waals surface area contributed by atoms with Crippen LogP contribution in [0.25, 0.3) is 0 Å². The van der Waals surface area contributed by atoms with Gasteiger partial charge in [-0.3, -0.25) is 9.69 Å². The van der Waals surface area contributed by atoms with Crippen molar-refractivity contribution in [3.63, 3.8) is 0 Å². The largest absolute Gasteiger partial charge is 0.480 e. The smallest absolute Gasteiger partial charge is 0.323 e. The van der Waals surface area contributed by atoms with Crippen molar-refractivity contribution in [2.45, 2.75) is 44.7 Å². The summed E-state index contributed by atoms with van der Waals surface area (Å²) in [4.78, 5) is 14.0. The quantitative estimate of drug-likeness (QED) is 0.758. The molecule has 0 saturated carbocycles. The molecule has 1 fully saturated rings. The van der Waals surface area contributed by atoms with Crippen LogP contribution < -0.4 is 5.32 Å². The number of hydrogen-bond acceptors (Lipinski definition) is 3. The first-order valence-corrected chi connectivity index (χ1v) is 7.91. The Morgan fingerprint density at radius 1 is 1.29 bits per heavy atom. The first-order chi connectivity index (χ1) is 10.2. The van der Waals surface area contributed by atoms with Crippen LogP contribution >= 0.6 is 0 Å². The Hall–Kier alpha value is -1.39. The van der Waals surface area contributed by atoms with Gasteiger partial charge in [-0.25, -0.2) is 0 Å². The molecule has 1 aliphatic rings. The lowest BCUT2D eigenvalue weighted by Gasteiger charge is -2.39. The van der Waals surface area contributed by atoms with E-state index >= 15 is 0 Å². The SMILES string of the molecule is CCCCNC1(C(=O)O)CCN(Cc2ccccc2)CC1. The summed E-state index contributed by atoms with van der Waals surface area (Å²) in [5, 5.41) is 12.9. The molecule has 2 rings (SSSR count). The lowest BCUT2D eigenvalue weighted by Crippen LogP contribution is -2.58. The molecule has 116 valence electrons. The average molecular weight is 290 g/mol. The predicted octanol–water partition coefficient (Wildman–Crippen LogP) is 2.50. The number of carboxylic acids is 1. The van der Waals surface area contributed by atoms with E-state index in [1.807, 2.05) is 18.2 Å². The summed E-state index contributed by atoms with van der Waals surface area (Å²) in [7, 11) is 0. The van der Waals surface area contributed by atoms with Crippen molar-refractivity contribution < 1.29 is 9.90 Å². The maximum Gasteiger partial charge on any atom is 0.323 e. The molecule has 2 N–H and O–H groups in total. The summed E-state index contributed by atoms with van der Waals surface area (Å²) in [6.07, 6.45) is 3.48. The van der Waals surface area contributed by atoms with Crippen LogP contribution in [-0.2, 0) is 11.3 Å². The monoisotopic (exact) mass is 290 g/mol. The highest BCUT2D eigenvalue weighted by Gasteiger charge is 2.40. The second-order valence-corrected chi connectivity index (χ2v) is 5.93. The Labute approximate surface area is 127 Å². The predicted molar refractivity (Wildman–Crippen MR) is 84.2 cm³/mol. The molecule has 1 aliphatic heterocycles. The molecule has 0 amide bonds. The van der Waals surface area contributed by atoms with Gasteiger partial charge in [-0.2, -0.15) is 0 Å². The van der Waals surface area contributed by atoms with Gasteiger partial charge in [0, 0.05) is 19.6 Å². The standard InChI is InChI=1S/C17H26N2O2/c1-2-3-11-18-17(16(20)21)9-12-19(13-10-17)14-15-7-5-4-6-8-15/h4-8,18H,2-3,9-14H2,1H3,(H,20,21). The Morgan fingerprint density at radius 2 is 1.95 bits per heavy atom. The number of benzene rings is 1. The third kappa shape index (κ3) is 4.29.